The van der Waals surface area contributed by atoms with Crippen molar-refractivity contribution in [1.82, 2.24) is 14.2 Å². The minimum absolute atomic E-state index is 0.0955. The van der Waals surface area contributed by atoms with Crippen molar-refractivity contribution in [3.05, 3.63) is 71.4 Å². The standard InChI is InChI=1S/C32H42N4O7S2/c1-22-19-36(23(2)21-37)32(39)27-18-26(34-31(38)25-12-14-33-15-13-25)10-11-28(27)43-24(3)8-5-6-16-42-29(22)20-35(4)45(40,41)30-9-7-17-44-30/h7,9-15,17-18,22-24,29,37H,5-6,8,16,19-21H2,1-4H3,(H,34,38)/t22-,23+,24-,29+/m1/s1. The number of ether oxygens (including phenoxy) is 2. The monoisotopic (exact) mass is 658 g/mol. The maximum absolute atomic E-state index is 14.3. The molecule has 4 rings (SSSR count). The molecule has 0 radical (unpaired) electrons. The molecule has 2 aromatic heterocycles. The molecule has 0 fully saturated rings. The number of aliphatic hydroxyl groups is 1. The number of anilines is 1. The fourth-order valence-corrected chi connectivity index (χ4v) is 7.47. The zero-order chi connectivity index (χ0) is 32.6. The van der Waals surface area contributed by atoms with E-state index in [2.05, 4.69) is 10.3 Å². The van der Waals surface area contributed by atoms with E-state index in [-0.39, 0.29) is 53.3 Å². The van der Waals surface area contributed by atoms with E-state index in [9.17, 15) is 23.1 Å². The fourth-order valence-electron chi connectivity index (χ4n) is 5.08. The van der Waals surface area contributed by atoms with Gasteiger partial charge in [0.1, 0.15) is 9.96 Å². The summed E-state index contributed by atoms with van der Waals surface area (Å²) in [7, 11) is -2.18. The zero-order valence-electron chi connectivity index (χ0n) is 26.1. The molecular formula is C32H42N4O7S2. The number of carbonyl (C=O) groups excluding carboxylic acids is 2. The summed E-state index contributed by atoms with van der Waals surface area (Å²) in [5, 5.41) is 14.7. The molecule has 0 saturated heterocycles. The van der Waals surface area contributed by atoms with E-state index in [0.717, 1.165) is 24.2 Å². The first-order valence-corrected chi connectivity index (χ1v) is 17.4. The number of sulfonamides is 1. The van der Waals surface area contributed by atoms with Gasteiger partial charge in [0.2, 0.25) is 0 Å². The Labute approximate surface area is 269 Å². The maximum Gasteiger partial charge on any atom is 0.258 e. The Balaban J connectivity index is 1.65. The third-order valence-electron chi connectivity index (χ3n) is 7.85. The second-order valence-electron chi connectivity index (χ2n) is 11.4. The molecule has 2 N–H and O–H groups in total. The number of benzene rings is 1. The van der Waals surface area contributed by atoms with Crippen LogP contribution in [-0.2, 0) is 14.8 Å². The maximum atomic E-state index is 14.3. The molecule has 1 aliphatic heterocycles. The Morgan fingerprint density at radius 1 is 1.20 bits per heavy atom. The second kappa shape index (κ2) is 15.8. The molecule has 45 heavy (non-hydrogen) atoms. The molecule has 1 aromatic carbocycles. The first-order valence-electron chi connectivity index (χ1n) is 15.1. The topological polar surface area (TPSA) is 138 Å². The van der Waals surface area contributed by atoms with Crippen molar-refractivity contribution in [2.45, 2.75) is 62.5 Å². The van der Waals surface area contributed by atoms with E-state index in [0.29, 0.717) is 30.0 Å². The number of amides is 2. The second-order valence-corrected chi connectivity index (χ2v) is 14.6. The number of nitrogens with one attached hydrogen (secondary N) is 1. The van der Waals surface area contributed by atoms with Crippen LogP contribution in [0.4, 0.5) is 5.69 Å². The van der Waals surface area contributed by atoms with Crippen LogP contribution in [0.1, 0.15) is 60.7 Å². The molecule has 3 heterocycles. The van der Waals surface area contributed by atoms with Gasteiger partial charge in [0, 0.05) is 56.3 Å². The lowest BCUT2D eigenvalue weighted by Gasteiger charge is -2.35. The quantitative estimate of drug-likeness (QED) is 0.361. The lowest BCUT2D eigenvalue weighted by atomic mass is 10.0. The van der Waals surface area contributed by atoms with Crippen LogP contribution in [0.5, 0.6) is 5.75 Å². The molecule has 2 amide bonds. The summed E-state index contributed by atoms with van der Waals surface area (Å²) in [6.07, 6.45) is 4.59. The van der Waals surface area contributed by atoms with Gasteiger partial charge in [0.05, 0.1) is 30.4 Å². The van der Waals surface area contributed by atoms with Crippen LogP contribution < -0.4 is 10.1 Å². The van der Waals surface area contributed by atoms with Crippen LogP contribution in [-0.4, -0.2) is 91.1 Å². The van der Waals surface area contributed by atoms with E-state index in [4.69, 9.17) is 9.47 Å². The summed E-state index contributed by atoms with van der Waals surface area (Å²) < 4.78 is 40.5. The third-order valence-corrected chi connectivity index (χ3v) is 11.0. The summed E-state index contributed by atoms with van der Waals surface area (Å²) in [6.45, 7) is 6.01. The molecular weight excluding hydrogens is 617 g/mol. The minimum Gasteiger partial charge on any atom is -0.490 e. The van der Waals surface area contributed by atoms with Gasteiger partial charge in [-0.3, -0.25) is 14.6 Å². The molecule has 1 aliphatic rings. The molecule has 0 bridgehead atoms. The molecule has 244 valence electrons. The van der Waals surface area contributed by atoms with E-state index >= 15 is 0 Å². The Hall–Kier alpha value is -3.36. The molecule has 11 nitrogen and oxygen atoms in total. The highest BCUT2D eigenvalue weighted by molar-refractivity contribution is 7.91. The van der Waals surface area contributed by atoms with Crippen LogP contribution in [0.25, 0.3) is 0 Å². The Bertz CT molecular complexity index is 1520. The largest absolute Gasteiger partial charge is 0.490 e. The van der Waals surface area contributed by atoms with Crippen molar-refractivity contribution in [2.75, 3.05) is 38.7 Å². The van der Waals surface area contributed by atoms with E-state index in [1.165, 1.54) is 23.7 Å². The third kappa shape index (κ3) is 8.88. The van der Waals surface area contributed by atoms with Crippen molar-refractivity contribution >= 4 is 38.9 Å². The number of nitrogens with zero attached hydrogens (tertiary/aromatic N) is 3. The van der Waals surface area contributed by atoms with Gasteiger partial charge in [-0.25, -0.2) is 8.42 Å². The van der Waals surface area contributed by atoms with Gasteiger partial charge in [-0.1, -0.05) is 13.0 Å². The van der Waals surface area contributed by atoms with Crippen molar-refractivity contribution < 1.29 is 32.6 Å². The highest BCUT2D eigenvalue weighted by atomic mass is 32.2. The average Bonchev–Trinajstić information content (AvgIpc) is 3.59. The van der Waals surface area contributed by atoms with Crippen molar-refractivity contribution in [2.24, 2.45) is 5.92 Å². The Morgan fingerprint density at radius 2 is 1.96 bits per heavy atom. The Morgan fingerprint density at radius 3 is 2.64 bits per heavy atom. The number of pyridine rings is 1. The van der Waals surface area contributed by atoms with Gasteiger partial charge in [-0.05, 0) is 74.9 Å². The number of thiophene rings is 1. The summed E-state index contributed by atoms with van der Waals surface area (Å²) in [4.78, 5) is 32.7. The highest BCUT2D eigenvalue weighted by Crippen LogP contribution is 2.29. The molecule has 0 saturated carbocycles. The zero-order valence-corrected chi connectivity index (χ0v) is 27.7. The van der Waals surface area contributed by atoms with E-state index in [1.807, 2.05) is 13.8 Å². The molecule has 0 unspecified atom stereocenters. The number of aromatic nitrogens is 1. The predicted molar refractivity (Wildman–Crippen MR) is 173 cm³/mol. The summed E-state index contributed by atoms with van der Waals surface area (Å²) in [6, 6.07) is 10.9. The lowest BCUT2D eigenvalue weighted by Crippen LogP contribution is -2.48. The van der Waals surface area contributed by atoms with Gasteiger partial charge >= 0.3 is 0 Å². The van der Waals surface area contributed by atoms with Gasteiger partial charge < -0.3 is 24.8 Å². The normalized spacial score (nSPS) is 21.0. The number of rotatable bonds is 8. The number of likely N-dealkylation sites (N-methyl/N-ethyl adjacent to an activating group) is 1. The highest BCUT2D eigenvalue weighted by Gasteiger charge is 2.32. The summed E-state index contributed by atoms with van der Waals surface area (Å²) in [5.74, 6) is -0.662. The first kappa shape index (κ1) is 34.5. The molecule has 13 heteroatoms. The molecule has 0 aliphatic carbocycles. The van der Waals surface area contributed by atoms with Gasteiger partial charge in [0.25, 0.3) is 21.8 Å². The minimum atomic E-state index is -3.71. The average molecular weight is 659 g/mol. The van der Waals surface area contributed by atoms with Gasteiger partial charge in [-0.2, -0.15) is 4.31 Å². The number of hydrogen-bond donors (Lipinski definition) is 2. The van der Waals surface area contributed by atoms with E-state index < -0.39 is 22.2 Å². The number of fused-ring (bicyclic) bond motifs is 1. The number of carbonyl (C=O) groups is 2. The first-order chi connectivity index (χ1) is 21.5. The summed E-state index contributed by atoms with van der Waals surface area (Å²) in [5.41, 5.74) is 1.07. The van der Waals surface area contributed by atoms with Gasteiger partial charge in [-0.15, -0.1) is 11.3 Å². The smallest absolute Gasteiger partial charge is 0.258 e. The Kier molecular flexibility index (Phi) is 12.1. The summed E-state index contributed by atoms with van der Waals surface area (Å²) >= 11 is 1.16. The van der Waals surface area contributed by atoms with Crippen molar-refractivity contribution in [3.8, 4) is 5.75 Å². The molecule has 3 aromatic rings. The predicted octanol–water partition coefficient (Wildman–Crippen LogP) is 4.51. The van der Waals surface area contributed by atoms with Crippen LogP contribution in [0.2, 0.25) is 0 Å². The lowest BCUT2D eigenvalue weighted by molar-refractivity contribution is -0.00832. The van der Waals surface area contributed by atoms with Crippen LogP contribution in [0.15, 0.2) is 64.4 Å². The van der Waals surface area contributed by atoms with Crippen molar-refractivity contribution in [3.63, 3.8) is 0 Å². The number of aliphatic hydroxyl groups excluding tert-OH is 1. The number of hydrogen-bond acceptors (Lipinski definition) is 9. The van der Waals surface area contributed by atoms with E-state index in [1.54, 1.807) is 59.7 Å². The van der Waals surface area contributed by atoms with Crippen molar-refractivity contribution in [1.29, 1.82) is 0 Å². The molecule has 4 atom stereocenters. The molecule has 0 spiro atoms. The SMILES string of the molecule is C[C@@H]1CCCCO[C@@H](CN(C)S(=O)(=O)c2cccs2)[C@H](C)CN([C@@H](C)CO)C(=O)c2cc(NC(=O)c3ccncc3)ccc2O1. The van der Waals surface area contributed by atoms with Gasteiger partial charge in [0.15, 0.2) is 0 Å². The van der Waals surface area contributed by atoms with Crippen LogP contribution in [0.3, 0.4) is 0 Å². The van der Waals surface area contributed by atoms with Crippen LogP contribution >= 0.6 is 11.3 Å². The van der Waals surface area contributed by atoms with Crippen LogP contribution in [0, 0.1) is 5.92 Å². The fraction of sp³-hybridized carbons (Fsp3) is 0.469.